The van der Waals surface area contributed by atoms with Crippen LogP contribution in [0.15, 0.2) is 88.9 Å². The number of aromatic nitrogens is 4. The van der Waals surface area contributed by atoms with E-state index in [1.807, 2.05) is 79.7 Å². The van der Waals surface area contributed by atoms with Crippen molar-refractivity contribution >= 4 is 51.3 Å². The highest BCUT2D eigenvalue weighted by atomic mass is 32.2. The van der Waals surface area contributed by atoms with E-state index in [4.69, 9.17) is 0 Å². The van der Waals surface area contributed by atoms with Crippen molar-refractivity contribution in [3.63, 3.8) is 0 Å². The second-order valence-electron chi connectivity index (χ2n) is 9.18. The van der Waals surface area contributed by atoms with Gasteiger partial charge in [-0.1, -0.05) is 89.3 Å². The first-order valence-electron chi connectivity index (χ1n) is 12.2. The number of aryl methyl sites for hydroxylation is 2. The van der Waals surface area contributed by atoms with Crippen LogP contribution in [0.5, 0.6) is 0 Å². The highest BCUT2D eigenvalue weighted by molar-refractivity contribution is 8.00. The largest absolute Gasteiger partial charge is 0.505 e. The number of aliphatic hydroxyl groups is 1. The first kappa shape index (κ1) is 25.0. The Labute approximate surface area is 232 Å². The molecule has 8 nitrogen and oxygen atoms in total. The van der Waals surface area contributed by atoms with E-state index in [0.717, 1.165) is 11.1 Å². The van der Waals surface area contributed by atoms with E-state index in [1.165, 1.54) is 28.0 Å². The predicted octanol–water partition coefficient (Wildman–Crippen LogP) is 5.72. The topological polar surface area (TPSA) is 101 Å². The van der Waals surface area contributed by atoms with E-state index in [0.29, 0.717) is 37.8 Å². The fraction of sp³-hybridized carbons (Fsp3) is 0.138. The molecule has 194 valence electrons. The van der Waals surface area contributed by atoms with Gasteiger partial charge in [0.15, 0.2) is 10.1 Å². The van der Waals surface area contributed by atoms with E-state index >= 15 is 0 Å². The summed E-state index contributed by atoms with van der Waals surface area (Å²) in [5.74, 6) is -1.12. The predicted molar refractivity (Wildman–Crippen MR) is 152 cm³/mol. The van der Waals surface area contributed by atoms with Crippen LogP contribution in [-0.4, -0.2) is 36.4 Å². The number of rotatable bonds is 6. The van der Waals surface area contributed by atoms with Crippen molar-refractivity contribution in [1.29, 1.82) is 0 Å². The van der Waals surface area contributed by atoms with Gasteiger partial charge in [-0.15, -0.1) is 10.2 Å². The molecule has 1 N–H and O–H groups in total. The molecule has 0 spiro atoms. The van der Waals surface area contributed by atoms with Gasteiger partial charge in [0, 0.05) is 11.9 Å². The van der Waals surface area contributed by atoms with Crippen molar-refractivity contribution in [2.75, 3.05) is 4.90 Å². The van der Waals surface area contributed by atoms with Gasteiger partial charge < -0.3 is 5.11 Å². The van der Waals surface area contributed by atoms with Crippen LogP contribution in [0.25, 0.3) is 11.4 Å². The van der Waals surface area contributed by atoms with Crippen molar-refractivity contribution < 1.29 is 14.7 Å². The average Bonchev–Trinajstić information content (AvgIpc) is 3.62. The molecule has 0 saturated carbocycles. The van der Waals surface area contributed by atoms with Gasteiger partial charge >= 0.3 is 5.91 Å². The van der Waals surface area contributed by atoms with Crippen LogP contribution in [-0.2, 0) is 15.3 Å². The summed E-state index contributed by atoms with van der Waals surface area (Å²) in [7, 11) is 0. The van der Waals surface area contributed by atoms with E-state index in [-0.39, 0.29) is 11.3 Å². The zero-order valence-electron chi connectivity index (χ0n) is 21.1. The molecule has 6 rings (SSSR count). The smallest absolute Gasteiger partial charge is 0.301 e. The first-order valence-corrected chi connectivity index (χ1v) is 14.0. The number of thioether (sulfide) groups is 1. The Morgan fingerprint density at radius 2 is 1.72 bits per heavy atom. The summed E-state index contributed by atoms with van der Waals surface area (Å²) in [5, 5.41) is 20.5. The zero-order valence-corrected chi connectivity index (χ0v) is 22.7. The van der Waals surface area contributed by atoms with E-state index in [9.17, 15) is 14.7 Å². The van der Waals surface area contributed by atoms with Crippen LogP contribution in [0, 0.1) is 13.8 Å². The van der Waals surface area contributed by atoms with E-state index in [1.54, 1.807) is 17.5 Å². The van der Waals surface area contributed by atoms with E-state index in [2.05, 4.69) is 15.2 Å². The molecule has 39 heavy (non-hydrogen) atoms. The number of ketones is 1. The summed E-state index contributed by atoms with van der Waals surface area (Å²) < 4.78 is 2.39. The Morgan fingerprint density at radius 1 is 0.974 bits per heavy atom. The highest BCUT2D eigenvalue weighted by Gasteiger charge is 2.48. The second kappa shape index (κ2) is 10.1. The monoisotopic (exact) mass is 553 g/mol. The van der Waals surface area contributed by atoms with Gasteiger partial charge in [-0.2, -0.15) is 0 Å². The lowest BCUT2D eigenvalue weighted by Gasteiger charge is -2.22. The van der Waals surface area contributed by atoms with Crippen molar-refractivity contribution in [2.45, 2.75) is 30.0 Å². The minimum atomic E-state index is -0.876. The van der Waals surface area contributed by atoms with Crippen LogP contribution in [0.4, 0.5) is 5.13 Å². The van der Waals surface area contributed by atoms with Gasteiger partial charge in [0.25, 0.3) is 5.78 Å². The number of carbonyl (C=O) groups is 2. The van der Waals surface area contributed by atoms with Gasteiger partial charge in [0.1, 0.15) is 11.3 Å². The molecular formula is C29H23N5O3S2. The Bertz CT molecular complexity index is 1740. The molecule has 4 heterocycles. The number of nitrogens with zero attached hydrogens (tertiary/aromatic N) is 5. The lowest BCUT2D eigenvalue weighted by atomic mass is 9.96. The number of Topliss-reactive ketones (excluding diaryl/α,β-unsaturated/α-hetero) is 1. The number of anilines is 1. The number of hydrogen-bond donors (Lipinski definition) is 1. The maximum Gasteiger partial charge on any atom is 0.301 e. The number of carbonyl (C=O) groups excluding carboxylic acids is 2. The molecule has 1 saturated heterocycles. The molecule has 10 heteroatoms. The molecule has 2 aromatic carbocycles. The van der Waals surface area contributed by atoms with Crippen molar-refractivity contribution in [1.82, 2.24) is 19.6 Å². The molecule has 1 atom stereocenters. The molecule has 0 radical (unpaired) electrons. The van der Waals surface area contributed by atoms with Crippen LogP contribution < -0.4 is 4.90 Å². The van der Waals surface area contributed by atoms with Crippen LogP contribution in [0.3, 0.4) is 0 Å². The molecule has 0 aliphatic carbocycles. The summed E-state index contributed by atoms with van der Waals surface area (Å²) in [4.78, 5) is 32.9. The maximum atomic E-state index is 13.6. The maximum absolute atomic E-state index is 13.6. The van der Waals surface area contributed by atoms with Gasteiger partial charge in [0.2, 0.25) is 5.13 Å². The Kier molecular flexibility index (Phi) is 6.49. The second-order valence-corrected chi connectivity index (χ2v) is 11.4. The number of aliphatic hydroxyl groups excluding tert-OH is 1. The normalized spacial score (nSPS) is 16.9. The Balaban J connectivity index is 1.45. The third-order valence-electron chi connectivity index (χ3n) is 6.57. The highest BCUT2D eigenvalue weighted by Crippen LogP contribution is 2.44. The molecule has 0 bridgehead atoms. The molecule has 5 aromatic rings. The summed E-state index contributed by atoms with van der Waals surface area (Å²) in [6.45, 7) is 3.73. The number of benzene rings is 2. The number of fused-ring (bicyclic) bond motifs is 1. The van der Waals surface area contributed by atoms with E-state index < -0.39 is 17.7 Å². The molecule has 1 aliphatic heterocycles. The lowest BCUT2D eigenvalue weighted by molar-refractivity contribution is -0.132. The number of amides is 1. The zero-order chi connectivity index (χ0) is 27.1. The molecule has 1 amide bonds. The van der Waals surface area contributed by atoms with Crippen molar-refractivity contribution in [2.24, 2.45) is 0 Å². The molecule has 3 aromatic heterocycles. The SMILES string of the molecule is Cc1ccc(C2/C(=C(\O)c3c(C)nc4ccccn34)C(=O)C(=O)N2c2nnc(SCc3ccccc3)s2)cc1. The standard InChI is InChI=1S/C29H23N5O3S2/c1-17-11-13-20(14-12-17)24-22(25(35)23-18(2)30-21-10-6-7-15-33(21)23)26(36)27(37)34(24)28-31-32-29(39-28)38-16-19-8-4-3-5-9-19/h3-15,24,35H,16H2,1-2H3/b25-22+. The number of pyridine rings is 1. The first-order chi connectivity index (χ1) is 18.9. The summed E-state index contributed by atoms with van der Waals surface area (Å²) in [5.41, 5.74) is 4.39. The van der Waals surface area contributed by atoms with Gasteiger partial charge in [0.05, 0.1) is 17.3 Å². The third kappa shape index (κ3) is 4.51. The summed E-state index contributed by atoms with van der Waals surface area (Å²) >= 11 is 2.76. The van der Waals surface area contributed by atoms with Gasteiger partial charge in [-0.25, -0.2) is 4.98 Å². The molecular weight excluding hydrogens is 530 g/mol. The Hall–Kier alpha value is -4.28. The number of imidazole rings is 1. The lowest BCUT2D eigenvalue weighted by Crippen LogP contribution is -2.29. The minimum Gasteiger partial charge on any atom is -0.505 e. The quantitative estimate of drug-likeness (QED) is 0.0943. The fourth-order valence-corrected chi connectivity index (χ4v) is 6.52. The van der Waals surface area contributed by atoms with Crippen LogP contribution in [0.1, 0.15) is 34.1 Å². The third-order valence-corrected chi connectivity index (χ3v) is 8.70. The van der Waals surface area contributed by atoms with Crippen LogP contribution in [0.2, 0.25) is 0 Å². The number of hydrogen-bond acceptors (Lipinski definition) is 8. The van der Waals surface area contributed by atoms with Crippen LogP contribution >= 0.6 is 23.1 Å². The molecule has 1 fully saturated rings. The van der Waals surface area contributed by atoms with Gasteiger partial charge in [-0.3, -0.25) is 18.9 Å². The average molecular weight is 554 g/mol. The minimum absolute atomic E-state index is 0.00806. The summed E-state index contributed by atoms with van der Waals surface area (Å²) in [6, 6.07) is 22.1. The van der Waals surface area contributed by atoms with Crippen molar-refractivity contribution in [3.05, 3.63) is 113 Å². The fourth-order valence-electron chi connectivity index (χ4n) is 4.70. The van der Waals surface area contributed by atoms with Crippen molar-refractivity contribution in [3.8, 4) is 0 Å². The van der Waals surface area contributed by atoms with Gasteiger partial charge in [-0.05, 0) is 37.1 Å². The molecule has 1 unspecified atom stereocenters. The summed E-state index contributed by atoms with van der Waals surface area (Å²) in [6.07, 6.45) is 1.77. The Morgan fingerprint density at radius 3 is 2.49 bits per heavy atom. The molecule has 1 aliphatic rings.